The van der Waals surface area contributed by atoms with Gasteiger partial charge in [0.25, 0.3) is 0 Å². The maximum absolute atomic E-state index is 12.1. The predicted octanol–water partition coefficient (Wildman–Crippen LogP) is 5.85. The summed E-state index contributed by atoms with van der Waals surface area (Å²) >= 11 is 0. The molecule has 2 N–H and O–H groups in total. The van der Waals surface area contributed by atoms with Gasteiger partial charge in [-0.05, 0) is 12.8 Å². The number of unbranched alkanes of at least 4 members (excludes halogenated alkanes) is 13. The van der Waals surface area contributed by atoms with E-state index < -0.39 is 32.5 Å². The van der Waals surface area contributed by atoms with Crippen molar-refractivity contribution in [2.24, 2.45) is 0 Å². The minimum Gasteiger partial charge on any atom is -0.462 e. The van der Waals surface area contributed by atoms with E-state index in [9.17, 15) is 14.2 Å². The molecule has 0 heterocycles. The van der Waals surface area contributed by atoms with Crippen LogP contribution in [-0.2, 0) is 28.2 Å². The number of phosphoric ester groups is 1. The molecule has 0 fully saturated rings. The van der Waals surface area contributed by atoms with Crippen molar-refractivity contribution in [3.63, 3.8) is 0 Å². The van der Waals surface area contributed by atoms with Crippen LogP contribution < -0.4 is 0 Å². The minimum absolute atomic E-state index is 0.202. The molecule has 0 bridgehead atoms. The molecule has 0 amide bonds. The average Bonchev–Trinajstić information content (AvgIpc) is 2.76. The van der Waals surface area contributed by atoms with Gasteiger partial charge >= 0.3 is 19.8 Å². The summed E-state index contributed by atoms with van der Waals surface area (Å²) in [4.78, 5) is 41.9. The second-order valence-corrected chi connectivity index (χ2v) is 9.62. The number of esters is 2. The molecule has 9 heteroatoms. The number of rotatable bonds is 23. The van der Waals surface area contributed by atoms with Crippen LogP contribution in [0.1, 0.15) is 109 Å². The Balaban J connectivity index is 4.15. The fourth-order valence-corrected chi connectivity index (χ4v) is 3.64. The van der Waals surface area contributed by atoms with Gasteiger partial charge in [0.2, 0.25) is 0 Å². The van der Waals surface area contributed by atoms with Crippen LogP contribution in [0.25, 0.3) is 0 Å². The van der Waals surface area contributed by atoms with Gasteiger partial charge in [-0.3, -0.25) is 14.1 Å². The molecule has 0 aliphatic rings. The van der Waals surface area contributed by atoms with Gasteiger partial charge < -0.3 is 33.1 Å². The SMILES string of the molecule is [CH2-]CCCCCCCCCC(=O)O[C@H](COC(=O)CCCCCCCC[CH2-])COP(=O)(O)O. The van der Waals surface area contributed by atoms with Gasteiger partial charge in [-0.15, -0.1) is 0 Å². The molecular formula is C24H45O8P-2. The van der Waals surface area contributed by atoms with E-state index in [0.717, 1.165) is 70.6 Å². The minimum atomic E-state index is -4.73. The van der Waals surface area contributed by atoms with E-state index in [1.165, 1.54) is 12.8 Å². The smallest absolute Gasteiger partial charge is 0.462 e. The van der Waals surface area contributed by atoms with Crippen LogP contribution in [0, 0.1) is 13.8 Å². The van der Waals surface area contributed by atoms with E-state index in [1.807, 2.05) is 0 Å². The Kier molecular flexibility index (Phi) is 21.0. The summed E-state index contributed by atoms with van der Waals surface area (Å²) in [6.07, 6.45) is 14.7. The Morgan fingerprint density at radius 1 is 0.667 bits per heavy atom. The van der Waals surface area contributed by atoms with Gasteiger partial charge in [0, 0.05) is 12.8 Å². The van der Waals surface area contributed by atoms with E-state index in [1.54, 1.807) is 0 Å². The highest BCUT2D eigenvalue weighted by Crippen LogP contribution is 2.35. The van der Waals surface area contributed by atoms with Crippen molar-refractivity contribution in [3.8, 4) is 0 Å². The second-order valence-electron chi connectivity index (χ2n) is 8.38. The molecule has 0 aliphatic carbocycles. The quantitative estimate of drug-likeness (QED) is 0.0789. The predicted molar refractivity (Wildman–Crippen MR) is 128 cm³/mol. The first-order valence-corrected chi connectivity index (χ1v) is 13.9. The van der Waals surface area contributed by atoms with Gasteiger partial charge in [0.15, 0.2) is 6.10 Å². The highest BCUT2D eigenvalue weighted by Gasteiger charge is 2.22. The molecule has 0 aromatic rings. The first-order chi connectivity index (χ1) is 15.8. The molecule has 0 spiro atoms. The van der Waals surface area contributed by atoms with Crippen LogP contribution in [0.2, 0.25) is 0 Å². The van der Waals surface area contributed by atoms with E-state index in [-0.39, 0.29) is 19.4 Å². The van der Waals surface area contributed by atoms with Crippen LogP contribution in [0.15, 0.2) is 0 Å². The zero-order valence-electron chi connectivity index (χ0n) is 20.2. The number of hydrogen-bond acceptors (Lipinski definition) is 6. The Morgan fingerprint density at radius 3 is 1.55 bits per heavy atom. The topological polar surface area (TPSA) is 119 Å². The number of carbonyl (C=O) groups is 2. The highest BCUT2D eigenvalue weighted by molar-refractivity contribution is 7.46. The van der Waals surface area contributed by atoms with Gasteiger partial charge in [-0.2, -0.15) is 12.8 Å². The maximum atomic E-state index is 12.1. The highest BCUT2D eigenvalue weighted by atomic mass is 31.2. The van der Waals surface area contributed by atoms with Crippen molar-refractivity contribution >= 4 is 19.8 Å². The molecule has 0 saturated heterocycles. The summed E-state index contributed by atoms with van der Waals surface area (Å²) in [5.74, 6) is -0.923. The van der Waals surface area contributed by atoms with Crippen LogP contribution in [0.4, 0.5) is 0 Å². The lowest BCUT2D eigenvalue weighted by Gasteiger charge is -2.18. The van der Waals surface area contributed by atoms with Crippen LogP contribution >= 0.6 is 7.82 Å². The van der Waals surface area contributed by atoms with Crippen molar-refractivity contribution in [3.05, 3.63) is 13.8 Å². The maximum Gasteiger partial charge on any atom is 0.469 e. The monoisotopic (exact) mass is 492 g/mol. The van der Waals surface area contributed by atoms with E-state index in [2.05, 4.69) is 18.4 Å². The first kappa shape index (κ1) is 32.0. The lowest BCUT2D eigenvalue weighted by atomic mass is 10.1. The molecule has 0 saturated carbocycles. The Morgan fingerprint density at radius 2 is 1.09 bits per heavy atom. The van der Waals surface area contributed by atoms with Gasteiger partial charge in [-0.25, -0.2) is 4.57 Å². The van der Waals surface area contributed by atoms with Crippen molar-refractivity contribution in [2.75, 3.05) is 13.2 Å². The lowest BCUT2D eigenvalue weighted by molar-refractivity contribution is -0.161. The van der Waals surface area contributed by atoms with Gasteiger partial charge in [0.05, 0.1) is 6.61 Å². The average molecular weight is 493 g/mol. The molecule has 196 valence electrons. The molecular weight excluding hydrogens is 447 g/mol. The molecule has 0 unspecified atom stereocenters. The third-order valence-electron chi connectivity index (χ3n) is 5.17. The van der Waals surface area contributed by atoms with Crippen molar-refractivity contribution in [2.45, 2.75) is 115 Å². The summed E-state index contributed by atoms with van der Waals surface area (Å²) in [5, 5.41) is 0. The number of hydrogen-bond donors (Lipinski definition) is 2. The lowest BCUT2D eigenvalue weighted by Crippen LogP contribution is -2.29. The summed E-state index contributed by atoms with van der Waals surface area (Å²) in [6.45, 7) is 6.80. The zero-order valence-corrected chi connectivity index (χ0v) is 21.1. The Hall–Kier alpha value is -0.950. The van der Waals surface area contributed by atoms with E-state index in [4.69, 9.17) is 19.3 Å². The second kappa shape index (κ2) is 21.6. The standard InChI is InChI=1S/C24H45O8P/c1-3-5-7-9-11-13-15-17-19-24(26)32-22(21-31-33(27,28)29)20-30-23(25)18-16-14-12-10-8-6-4-2/h22H,1-21H2,(H2,27,28,29)/q-2/t22-/m1/s1. The zero-order chi connectivity index (χ0) is 24.8. The van der Waals surface area contributed by atoms with Gasteiger partial charge in [-0.1, -0.05) is 70.6 Å². The summed E-state index contributed by atoms with van der Waals surface area (Å²) in [7, 11) is -4.73. The number of ether oxygens (including phenoxy) is 2. The summed E-state index contributed by atoms with van der Waals surface area (Å²) < 4.78 is 25.8. The van der Waals surface area contributed by atoms with E-state index in [0.29, 0.717) is 12.8 Å². The fraction of sp³-hybridized carbons (Fsp3) is 0.833. The normalized spacial score (nSPS) is 12.5. The van der Waals surface area contributed by atoms with Gasteiger partial charge in [0.1, 0.15) is 6.61 Å². The molecule has 33 heavy (non-hydrogen) atoms. The molecule has 0 aliphatic heterocycles. The van der Waals surface area contributed by atoms with Crippen molar-refractivity contribution in [1.82, 2.24) is 0 Å². The fourth-order valence-electron chi connectivity index (χ4n) is 3.28. The molecule has 0 radical (unpaired) electrons. The molecule has 0 aromatic heterocycles. The largest absolute Gasteiger partial charge is 0.469 e. The van der Waals surface area contributed by atoms with Crippen LogP contribution in [-0.4, -0.2) is 41.0 Å². The van der Waals surface area contributed by atoms with E-state index >= 15 is 0 Å². The molecule has 1 atom stereocenters. The third-order valence-corrected chi connectivity index (χ3v) is 5.65. The summed E-state index contributed by atoms with van der Waals surface area (Å²) in [6, 6.07) is 0. The number of carbonyl (C=O) groups excluding carboxylic acids is 2. The Bertz CT molecular complexity index is 535. The molecule has 0 rings (SSSR count). The molecule has 8 nitrogen and oxygen atoms in total. The van der Waals surface area contributed by atoms with Crippen LogP contribution in [0.3, 0.4) is 0 Å². The van der Waals surface area contributed by atoms with Crippen molar-refractivity contribution < 1.29 is 37.9 Å². The summed E-state index contributed by atoms with van der Waals surface area (Å²) in [5.41, 5.74) is 0. The Labute approximate surface area is 200 Å². The third kappa shape index (κ3) is 24.0. The number of phosphoric acid groups is 1. The molecule has 0 aromatic carbocycles. The first-order valence-electron chi connectivity index (χ1n) is 12.4. The van der Waals surface area contributed by atoms with Crippen LogP contribution in [0.5, 0.6) is 0 Å². The van der Waals surface area contributed by atoms with Crippen molar-refractivity contribution in [1.29, 1.82) is 0 Å².